The number of piperidine rings is 2. The Morgan fingerprint density at radius 3 is 2.43 bits per heavy atom. The summed E-state index contributed by atoms with van der Waals surface area (Å²) >= 11 is 0. The van der Waals surface area contributed by atoms with Crippen LogP contribution in [-0.2, 0) is 0 Å². The Morgan fingerprint density at radius 1 is 1.00 bits per heavy atom. The molecule has 2 aliphatic heterocycles. The van der Waals surface area contributed by atoms with Gasteiger partial charge in [-0.25, -0.2) is 15.0 Å². The third-order valence-electron chi connectivity index (χ3n) is 6.62. The number of benzene rings is 1. The average molecular weight is 377 g/mol. The van der Waals surface area contributed by atoms with Crippen molar-refractivity contribution >= 4 is 11.0 Å². The molecular weight excluding hydrogens is 350 g/mol. The molecule has 0 spiro atoms. The lowest BCUT2D eigenvalue weighted by molar-refractivity contribution is 0.103. The van der Waals surface area contributed by atoms with E-state index >= 15 is 0 Å². The van der Waals surface area contributed by atoms with Gasteiger partial charge in [0.05, 0.1) is 30.5 Å². The lowest BCUT2D eigenvalue weighted by Gasteiger charge is -2.47. The second-order valence-electron chi connectivity index (χ2n) is 8.43. The topological polar surface area (TPSA) is 64.9 Å². The fourth-order valence-corrected chi connectivity index (χ4v) is 5.14. The number of nitrogens with one attached hydrogen (secondary N) is 1. The van der Waals surface area contributed by atoms with E-state index in [1.165, 1.54) is 11.9 Å². The van der Waals surface area contributed by atoms with Crippen molar-refractivity contribution in [2.75, 3.05) is 7.11 Å². The van der Waals surface area contributed by atoms with Gasteiger partial charge in [0.1, 0.15) is 5.69 Å². The second-order valence-corrected chi connectivity index (χ2v) is 8.43. The van der Waals surface area contributed by atoms with Gasteiger partial charge in [0.25, 0.3) is 0 Å². The highest BCUT2D eigenvalue weighted by molar-refractivity contribution is 5.80. The molecule has 4 heterocycles. The van der Waals surface area contributed by atoms with E-state index in [0.29, 0.717) is 35.8 Å². The highest BCUT2D eigenvalue weighted by Crippen LogP contribution is 2.41. The van der Waals surface area contributed by atoms with Gasteiger partial charge in [-0.3, -0.25) is 0 Å². The van der Waals surface area contributed by atoms with Gasteiger partial charge in [0, 0.05) is 18.1 Å². The van der Waals surface area contributed by atoms with Crippen molar-refractivity contribution in [1.29, 1.82) is 0 Å². The van der Waals surface area contributed by atoms with Crippen LogP contribution in [0.4, 0.5) is 0 Å². The van der Waals surface area contributed by atoms with Crippen LogP contribution >= 0.6 is 0 Å². The van der Waals surface area contributed by atoms with Crippen LogP contribution in [-0.4, -0.2) is 38.7 Å². The molecule has 6 nitrogen and oxygen atoms in total. The smallest absolute Gasteiger partial charge is 0.232 e. The van der Waals surface area contributed by atoms with E-state index in [2.05, 4.69) is 51.9 Å². The number of nitrogens with zero attached hydrogens (tertiary/aromatic N) is 4. The maximum absolute atomic E-state index is 5.18. The van der Waals surface area contributed by atoms with E-state index in [1.54, 1.807) is 19.5 Å². The third kappa shape index (κ3) is 2.87. The summed E-state index contributed by atoms with van der Waals surface area (Å²) in [6.07, 6.45) is 7.00. The van der Waals surface area contributed by atoms with E-state index in [-0.39, 0.29) is 0 Å². The zero-order valence-corrected chi connectivity index (χ0v) is 16.7. The SMILES string of the molecule is COc1cnc(-c2nc3ccccc3n2C2C[C@@H]3N[C@H](C2)[C@@H](C)C[C@H]3C)cn1. The Labute approximate surface area is 165 Å². The van der Waals surface area contributed by atoms with Crippen LogP contribution < -0.4 is 10.1 Å². The van der Waals surface area contributed by atoms with Crippen LogP contribution in [0, 0.1) is 11.8 Å². The average Bonchev–Trinajstić information content (AvgIpc) is 3.12. The summed E-state index contributed by atoms with van der Waals surface area (Å²) in [7, 11) is 1.61. The molecule has 2 aliphatic rings. The first-order valence-electron chi connectivity index (χ1n) is 10.2. The van der Waals surface area contributed by atoms with E-state index < -0.39 is 0 Å². The van der Waals surface area contributed by atoms with E-state index in [0.717, 1.165) is 29.9 Å². The minimum Gasteiger partial charge on any atom is -0.480 e. The number of fused-ring (bicyclic) bond motifs is 3. The molecule has 2 fully saturated rings. The lowest BCUT2D eigenvalue weighted by Crippen LogP contribution is -2.56. The molecule has 6 heteroatoms. The van der Waals surface area contributed by atoms with Crippen molar-refractivity contribution in [1.82, 2.24) is 24.8 Å². The van der Waals surface area contributed by atoms with Crippen LogP contribution in [0.25, 0.3) is 22.6 Å². The van der Waals surface area contributed by atoms with Crippen LogP contribution in [0.5, 0.6) is 5.88 Å². The molecule has 1 unspecified atom stereocenters. The molecule has 3 aromatic rings. The summed E-state index contributed by atoms with van der Waals surface area (Å²) in [5.41, 5.74) is 2.99. The Hall–Kier alpha value is -2.47. The number of rotatable bonds is 3. The predicted molar refractivity (Wildman–Crippen MR) is 109 cm³/mol. The van der Waals surface area contributed by atoms with E-state index in [9.17, 15) is 0 Å². The highest BCUT2D eigenvalue weighted by atomic mass is 16.5. The number of ether oxygens (including phenoxy) is 1. The van der Waals surface area contributed by atoms with Crippen molar-refractivity contribution in [2.45, 2.75) is 51.2 Å². The summed E-state index contributed by atoms with van der Waals surface area (Å²) in [5, 5.41) is 3.89. The molecule has 0 aliphatic carbocycles. The minimum atomic E-state index is 0.410. The molecular formula is C22H27N5O. The number of imidazole rings is 1. The Balaban J connectivity index is 1.61. The van der Waals surface area contributed by atoms with Crippen molar-refractivity contribution < 1.29 is 4.74 Å². The summed E-state index contributed by atoms with van der Waals surface area (Å²) in [6, 6.07) is 9.94. The van der Waals surface area contributed by atoms with E-state index in [1.807, 2.05) is 6.07 Å². The minimum absolute atomic E-state index is 0.410. The van der Waals surface area contributed by atoms with Gasteiger partial charge >= 0.3 is 0 Å². The van der Waals surface area contributed by atoms with Gasteiger partial charge in [-0.1, -0.05) is 26.0 Å². The monoisotopic (exact) mass is 377 g/mol. The Morgan fingerprint density at radius 2 is 1.75 bits per heavy atom. The molecule has 2 bridgehead atoms. The first-order valence-corrected chi connectivity index (χ1v) is 10.2. The second kappa shape index (κ2) is 6.85. The quantitative estimate of drug-likeness (QED) is 0.751. The molecule has 5 rings (SSSR count). The fourth-order valence-electron chi connectivity index (χ4n) is 5.14. The Kier molecular flexibility index (Phi) is 4.31. The maximum Gasteiger partial charge on any atom is 0.232 e. The van der Waals surface area contributed by atoms with Gasteiger partial charge in [-0.15, -0.1) is 0 Å². The number of methoxy groups -OCH3 is 1. The van der Waals surface area contributed by atoms with Gasteiger partial charge in [0.2, 0.25) is 5.88 Å². The summed E-state index contributed by atoms with van der Waals surface area (Å²) in [5.74, 6) is 2.83. The molecule has 28 heavy (non-hydrogen) atoms. The number of hydrogen-bond acceptors (Lipinski definition) is 5. The normalized spacial score (nSPS) is 29.8. The predicted octanol–water partition coefficient (Wildman–Crippen LogP) is 3.84. The lowest BCUT2D eigenvalue weighted by atomic mass is 9.73. The Bertz CT molecular complexity index is 966. The number of aromatic nitrogens is 4. The van der Waals surface area contributed by atoms with Crippen molar-refractivity contribution in [3.63, 3.8) is 0 Å². The molecule has 1 N–H and O–H groups in total. The van der Waals surface area contributed by atoms with Crippen molar-refractivity contribution in [2.24, 2.45) is 11.8 Å². The van der Waals surface area contributed by atoms with E-state index in [4.69, 9.17) is 9.72 Å². The van der Waals surface area contributed by atoms with Gasteiger partial charge < -0.3 is 14.6 Å². The van der Waals surface area contributed by atoms with Gasteiger partial charge in [0.15, 0.2) is 5.82 Å². The standard InChI is InChI=1S/C22H27N5O/c1-13-8-14(2)18-10-15(9-17(13)25-18)27-20-7-5-4-6-16(20)26-22(27)19-11-24-21(28-3)12-23-19/h4-7,11-15,17-18,25H,8-10H2,1-3H3/t13-,14+,15?,17+,18-. The first-order chi connectivity index (χ1) is 13.6. The van der Waals surface area contributed by atoms with Crippen LogP contribution in [0.1, 0.15) is 39.2 Å². The zero-order valence-electron chi connectivity index (χ0n) is 16.7. The molecule has 2 saturated heterocycles. The molecule has 2 aromatic heterocycles. The van der Waals surface area contributed by atoms with Crippen LogP contribution in [0.15, 0.2) is 36.7 Å². The van der Waals surface area contributed by atoms with Crippen LogP contribution in [0.3, 0.4) is 0 Å². The summed E-state index contributed by atoms with van der Waals surface area (Å²) in [6.45, 7) is 4.77. The maximum atomic E-state index is 5.18. The number of hydrogen-bond donors (Lipinski definition) is 1. The molecule has 1 aromatic carbocycles. The molecule has 0 radical (unpaired) electrons. The first kappa shape index (κ1) is 17.6. The molecule has 0 saturated carbocycles. The van der Waals surface area contributed by atoms with Crippen LogP contribution in [0.2, 0.25) is 0 Å². The van der Waals surface area contributed by atoms with Crippen molar-refractivity contribution in [3.8, 4) is 17.4 Å². The van der Waals surface area contributed by atoms with Gasteiger partial charge in [-0.05, 0) is 43.2 Å². The van der Waals surface area contributed by atoms with Crippen molar-refractivity contribution in [3.05, 3.63) is 36.7 Å². The highest BCUT2D eigenvalue weighted by Gasteiger charge is 2.40. The number of para-hydroxylation sites is 2. The molecule has 5 atom stereocenters. The fraction of sp³-hybridized carbons (Fsp3) is 0.500. The molecule has 0 amide bonds. The third-order valence-corrected chi connectivity index (χ3v) is 6.62. The zero-order chi connectivity index (χ0) is 19.3. The largest absolute Gasteiger partial charge is 0.480 e. The van der Waals surface area contributed by atoms with Gasteiger partial charge in [-0.2, -0.15) is 0 Å². The summed E-state index contributed by atoms with van der Waals surface area (Å²) in [4.78, 5) is 13.9. The summed E-state index contributed by atoms with van der Waals surface area (Å²) < 4.78 is 7.59. The molecule has 146 valence electrons.